The normalized spacial score (nSPS) is 10.6. The van der Waals surface area contributed by atoms with Crippen molar-refractivity contribution in [2.24, 2.45) is 0 Å². The van der Waals surface area contributed by atoms with Gasteiger partial charge in [0.05, 0.1) is 0 Å². The van der Waals surface area contributed by atoms with E-state index in [1.54, 1.807) is 36.7 Å². The first-order valence-electron chi connectivity index (χ1n) is 10.7. The van der Waals surface area contributed by atoms with Gasteiger partial charge in [-0.25, -0.2) is 4.98 Å². The first-order valence-corrected chi connectivity index (χ1v) is 10.7. The molecule has 0 bridgehead atoms. The van der Waals surface area contributed by atoms with E-state index in [0.717, 1.165) is 35.9 Å². The van der Waals surface area contributed by atoms with Crippen LogP contribution in [-0.2, 0) is 0 Å². The second-order valence-electron chi connectivity index (χ2n) is 7.34. The largest absolute Gasteiger partial charge is 0.357 e. The molecule has 9 nitrogen and oxygen atoms in total. The summed E-state index contributed by atoms with van der Waals surface area (Å²) in [4.78, 5) is 27.8. The summed E-state index contributed by atoms with van der Waals surface area (Å²) in [5.41, 5.74) is 3.27. The fraction of sp³-hybridized carbons (Fsp3) is 0.208. The maximum absolute atomic E-state index is 12.5. The minimum absolute atomic E-state index is 0.188. The fourth-order valence-electron chi connectivity index (χ4n) is 3.31. The van der Waals surface area contributed by atoms with E-state index in [0.29, 0.717) is 17.4 Å². The highest BCUT2D eigenvalue weighted by Gasteiger charge is 2.14. The van der Waals surface area contributed by atoms with Crippen LogP contribution in [0.5, 0.6) is 0 Å². The van der Waals surface area contributed by atoms with E-state index in [9.17, 15) is 4.79 Å². The summed E-state index contributed by atoms with van der Waals surface area (Å²) in [6, 6.07) is 14.5. The van der Waals surface area contributed by atoms with Crippen LogP contribution in [0.25, 0.3) is 11.3 Å². The molecule has 1 aromatic carbocycles. The molecule has 0 saturated carbocycles. The molecule has 3 heterocycles. The Morgan fingerprint density at radius 3 is 2.48 bits per heavy atom. The van der Waals surface area contributed by atoms with Crippen molar-refractivity contribution in [3.63, 3.8) is 0 Å². The third-order valence-corrected chi connectivity index (χ3v) is 5.02. The van der Waals surface area contributed by atoms with Gasteiger partial charge < -0.3 is 20.1 Å². The Morgan fingerprint density at radius 2 is 1.79 bits per heavy atom. The van der Waals surface area contributed by atoms with Crippen LogP contribution in [0.1, 0.15) is 30.0 Å². The Bertz CT molecular complexity index is 1220. The molecule has 4 rings (SSSR count). The molecule has 3 aromatic heterocycles. The lowest BCUT2D eigenvalue weighted by Crippen LogP contribution is -2.23. The lowest BCUT2D eigenvalue weighted by Gasteiger charge is -2.20. The number of hydrogen-bond donors (Lipinski definition) is 2. The summed E-state index contributed by atoms with van der Waals surface area (Å²) in [6.45, 7) is 7.88. The van der Waals surface area contributed by atoms with Gasteiger partial charge in [-0.1, -0.05) is 5.16 Å². The number of nitrogens with zero attached hydrogens (tertiary/aromatic N) is 5. The zero-order chi connectivity index (χ0) is 23.2. The van der Waals surface area contributed by atoms with Crippen LogP contribution in [-0.4, -0.2) is 39.1 Å². The summed E-state index contributed by atoms with van der Waals surface area (Å²) in [5, 5.41) is 9.91. The quantitative estimate of drug-likeness (QED) is 0.404. The first-order chi connectivity index (χ1) is 16.1. The fourth-order valence-corrected chi connectivity index (χ4v) is 3.31. The Hall–Kier alpha value is -4.27. The number of carbonyl (C=O) groups is 1. The van der Waals surface area contributed by atoms with Gasteiger partial charge in [0.25, 0.3) is 5.91 Å². The predicted molar refractivity (Wildman–Crippen MR) is 128 cm³/mol. The number of rotatable bonds is 8. The van der Waals surface area contributed by atoms with Gasteiger partial charge in [-0.2, -0.15) is 4.98 Å². The molecule has 0 aliphatic carbocycles. The van der Waals surface area contributed by atoms with Crippen LogP contribution in [0.15, 0.2) is 65.4 Å². The second-order valence-corrected chi connectivity index (χ2v) is 7.34. The van der Waals surface area contributed by atoms with Crippen molar-refractivity contribution in [3.05, 3.63) is 72.3 Å². The van der Waals surface area contributed by atoms with Crippen LogP contribution in [0, 0.1) is 6.92 Å². The Labute approximate surface area is 191 Å². The Kier molecular flexibility index (Phi) is 6.58. The first kappa shape index (κ1) is 21.9. The van der Waals surface area contributed by atoms with E-state index in [4.69, 9.17) is 4.52 Å². The molecular weight excluding hydrogens is 418 g/mol. The number of carbonyl (C=O) groups excluding carboxylic acids is 1. The molecule has 0 saturated heterocycles. The van der Waals surface area contributed by atoms with Gasteiger partial charge in [-0.05, 0) is 57.2 Å². The van der Waals surface area contributed by atoms with Crippen molar-refractivity contribution < 1.29 is 9.32 Å². The van der Waals surface area contributed by atoms with Crippen LogP contribution >= 0.6 is 0 Å². The summed E-state index contributed by atoms with van der Waals surface area (Å²) in [6.07, 6.45) is 3.32. The average molecular weight is 444 g/mol. The number of aryl methyl sites for hydroxylation is 1. The molecule has 0 unspecified atom stereocenters. The number of amides is 1. The van der Waals surface area contributed by atoms with Crippen LogP contribution in [0.3, 0.4) is 0 Å². The maximum Gasteiger partial charge on any atom is 0.277 e. The van der Waals surface area contributed by atoms with Gasteiger partial charge >= 0.3 is 0 Å². The zero-order valence-corrected chi connectivity index (χ0v) is 18.7. The molecule has 0 fully saturated rings. The van der Waals surface area contributed by atoms with Crippen molar-refractivity contribution in [2.75, 3.05) is 28.6 Å². The summed E-state index contributed by atoms with van der Waals surface area (Å²) < 4.78 is 5.27. The highest BCUT2D eigenvalue weighted by molar-refractivity contribution is 6.03. The standard InChI is InChI=1S/C24H25N7O2/c1-4-31(5-2)22-13-16(3)26-24(29-22)28-19-10-8-18(9-11-19)27-23(32)20-14-21(33-30-20)17-7-6-12-25-15-17/h6-15H,4-5H2,1-3H3,(H,27,32)(H,26,28,29). The van der Waals surface area contributed by atoms with Gasteiger partial charge in [0, 0.05) is 60.2 Å². The van der Waals surface area contributed by atoms with Crippen LogP contribution < -0.4 is 15.5 Å². The van der Waals surface area contributed by atoms with Gasteiger partial charge in [0.15, 0.2) is 11.5 Å². The van der Waals surface area contributed by atoms with E-state index in [1.807, 2.05) is 31.2 Å². The average Bonchev–Trinajstić information content (AvgIpc) is 3.32. The molecule has 9 heteroatoms. The van der Waals surface area contributed by atoms with E-state index < -0.39 is 0 Å². The highest BCUT2D eigenvalue weighted by Crippen LogP contribution is 2.22. The van der Waals surface area contributed by atoms with Crippen molar-refractivity contribution in [2.45, 2.75) is 20.8 Å². The van der Waals surface area contributed by atoms with Crippen molar-refractivity contribution >= 4 is 29.0 Å². The number of aromatic nitrogens is 4. The molecule has 2 N–H and O–H groups in total. The molecule has 33 heavy (non-hydrogen) atoms. The number of hydrogen-bond acceptors (Lipinski definition) is 8. The molecule has 0 spiro atoms. The topological polar surface area (TPSA) is 109 Å². The Balaban J connectivity index is 1.42. The zero-order valence-electron chi connectivity index (χ0n) is 18.7. The Morgan fingerprint density at radius 1 is 1.03 bits per heavy atom. The van der Waals surface area contributed by atoms with Crippen molar-refractivity contribution in [1.29, 1.82) is 0 Å². The van der Waals surface area contributed by atoms with Gasteiger partial charge in [-0.3, -0.25) is 9.78 Å². The molecule has 4 aromatic rings. The maximum atomic E-state index is 12.5. The molecule has 0 atom stereocenters. The lowest BCUT2D eigenvalue weighted by atomic mass is 10.2. The summed E-state index contributed by atoms with van der Waals surface area (Å²) in [7, 11) is 0. The van der Waals surface area contributed by atoms with E-state index in [1.165, 1.54) is 0 Å². The van der Waals surface area contributed by atoms with E-state index >= 15 is 0 Å². The third-order valence-electron chi connectivity index (χ3n) is 5.02. The summed E-state index contributed by atoms with van der Waals surface area (Å²) in [5.74, 6) is 1.53. The third kappa shape index (κ3) is 5.32. The lowest BCUT2D eigenvalue weighted by molar-refractivity contribution is 0.101. The number of anilines is 4. The SMILES string of the molecule is CCN(CC)c1cc(C)nc(Nc2ccc(NC(=O)c3cc(-c4cccnc4)on3)cc2)n1. The van der Waals surface area contributed by atoms with E-state index in [2.05, 4.69) is 49.5 Å². The molecule has 0 aliphatic heterocycles. The molecular formula is C24H25N7O2. The van der Waals surface area contributed by atoms with Crippen LogP contribution in [0.2, 0.25) is 0 Å². The van der Waals surface area contributed by atoms with E-state index in [-0.39, 0.29) is 11.6 Å². The second kappa shape index (κ2) is 9.90. The molecule has 0 radical (unpaired) electrons. The predicted octanol–water partition coefficient (Wildman–Crippen LogP) is 4.68. The van der Waals surface area contributed by atoms with Crippen molar-refractivity contribution in [3.8, 4) is 11.3 Å². The molecule has 1 amide bonds. The van der Waals surface area contributed by atoms with Crippen LogP contribution in [0.4, 0.5) is 23.1 Å². The molecule has 0 aliphatic rings. The molecule has 168 valence electrons. The summed E-state index contributed by atoms with van der Waals surface area (Å²) >= 11 is 0. The smallest absolute Gasteiger partial charge is 0.277 e. The number of benzene rings is 1. The number of nitrogens with one attached hydrogen (secondary N) is 2. The number of pyridine rings is 1. The van der Waals surface area contributed by atoms with Gasteiger partial charge in [0.1, 0.15) is 5.82 Å². The van der Waals surface area contributed by atoms with Crippen molar-refractivity contribution in [1.82, 2.24) is 20.1 Å². The monoisotopic (exact) mass is 443 g/mol. The van der Waals surface area contributed by atoms with Gasteiger partial charge in [0.2, 0.25) is 5.95 Å². The minimum atomic E-state index is -0.361. The highest BCUT2D eigenvalue weighted by atomic mass is 16.5. The van der Waals surface area contributed by atoms with Gasteiger partial charge in [-0.15, -0.1) is 0 Å². The minimum Gasteiger partial charge on any atom is -0.357 e.